The van der Waals surface area contributed by atoms with Crippen LogP contribution in [-0.2, 0) is 4.79 Å². The SMILES string of the molecule is CCC(C(=O)NCCN)n1nnc(-c2ccc(Cl)cc2)n1. The Balaban J connectivity index is 2.17. The molecule has 0 saturated carbocycles. The number of amides is 1. The second-order valence-electron chi connectivity index (χ2n) is 4.44. The number of aromatic nitrogens is 4. The number of halogens is 1. The van der Waals surface area contributed by atoms with Gasteiger partial charge in [0.05, 0.1) is 0 Å². The first-order valence-corrected chi connectivity index (χ1v) is 7.06. The Morgan fingerprint density at radius 3 is 2.76 bits per heavy atom. The van der Waals surface area contributed by atoms with Crippen LogP contribution in [0.4, 0.5) is 0 Å². The summed E-state index contributed by atoms with van der Waals surface area (Å²) in [6.07, 6.45) is 0.562. The van der Waals surface area contributed by atoms with Crippen molar-refractivity contribution in [1.29, 1.82) is 0 Å². The molecule has 112 valence electrons. The summed E-state index contributed by atoms with van der Waals surface area (Å²) in [6.45, 7) is 2.70. The summed E-state index contributed by atoms with van der Waals surface area (Å²) in [5.74, 6) is 0.291. The highest BCUT2D eigenvalue weighted by Gasteiger charge is 2.21. The molecule has 0 aliphatic carbocycles. The van der Waals surface area contributed by atoms with Gasteiger partial charge in [0.1, 0.15) is 0 Å². The molecular formula is C13H17ClN6O. The Kier molecular flexibility index (Phi) is 5.24. The van der Waals surface area contributed by atoms with Crippen LogP contribution in [0.5, 0.6) is 0 Å². The summed E-state index contributed by atoms with van der Waals surface area (Å²) >= 11 is 5.84. The predicted molar refractivity (Wildman–Crippen MR) is 79.7 cm³/mol. The molecule has 3 N–H and O–H groups in total. The molecule has 1 atom stereocenters. The highest BCUT2D eigenvalue weighted by atomic mass is 35.5. The Morgan fingerprint density at radius 2 is 2.14 bits per heavy atom. The van der Waals surface area contributed by atoms with Gasteiger partial charge in [-0.15, -0.1) is 10.2 Å². The van der Waals surface area contributed by atoms with Crippen molar-refractivity contribution >= 4 is 17.5 Å². The van der Waals surface area contributed by atoms with E-state index in [-0.39, 0.29) is 5.91 Å². The molecule has 7 nitrogen and oxygen atoms in total. The standard InChI is InChI=1S/C13H17ClN6O/c1-2-11(13(21)16-8-7-15)20-18-12(17-19-20)9-3-5-10(14)6-4-9/h3-6,11H,2,7-8,15H2,1H3,(H,16,21). The summed E-state index contributed by atoms with van der Waals surface area (Å²) < 4.78 is 0. The summed E-state index contributed by atoms with van der Waals surface area (Å²) in [7, 11) is 0. The first-order valence-electron chi connectivity index (χ1n) is 6.69. The normalized spacial score (nSPS) is 12.1. The van der Waals surface area contributed by atoms with Gasteiger partial charge in [0.25, 0.3) is 0 Å². The molecule has 1 aromatic heterocycles. The molecule has 1 aromatic carbocycles. The van der Waals surface area contributed by atoms with Crippen LogP contribution in [0.25, 0.3) is 11.4 Å². The highest BCUT2D eigenvalue weighted by Crippen LogP contribution is 2.18. The van der Waals surface area contributed by atoms with Gasteiger partial charge in [-0.25, -0.2) is 0 Å². The topological polar surface area (TPSA) is 98.7 Å². The lowest BCUT2D eigenvalue weighted by Crippen LogP contribution is -2.36. The second kappa shape index (κ2) is 7.14. The van der Waals surface area contributed by atoms with Gasteiger partial charge in [-0.3, -0.25) is 4.79 Å². The zero-order chi connectivity index (χ0) is 15.2. The molecule has 0 fully saturated rings. The smallest absolute Gasteiger partial charge is 0.246 e. The minimum atomic E-state index is -0.495. The number of rotatable bonds is 6. The van der Waals surface area contributed by atoms with E-state index >= 15 is 0 Å². The van der Waals surface area contributed by atoms with Gasteiger partial charge in [0.15, 0.2) is 6.04 Å². The minimum absolute atomic E-state index is 0.164. The number of hydrogen-bond acceptors (Lipinski definition) is 5. The fourth-order valence-electron chi connectivity index (χ4n) is 1.84. The number of carbonyl (C=O) groups excluding carboxylic acids is 1. The molecule has 1 heterocycles. The molecule has 0 spiro atoms. The molecule has 2 aromatic rings. The molecule has 0 radical (unpaired) electrons. The van der Waals surface area contributed by atoms with E-state index in [2.05, 4.69) is 20.7 Å². The summed E-state index contributed by atoms with van der Waals surface area (Å²) in [6, 6.07) is 6.62. The molecule has 1 unspecified atom stereocenters. The molecule has 0 saturated heterocycles. The average Bonchev–Trinajstić information content (AvgIpc) is 2.96. The maximum absolute atomic E-state index is 12.0. The quantitative estimate of drug-likeness (QED) is 0.830. The van der Waals surface area contributed by atoms with Crippen molar-refractivity contribution in [3.63, 3.8) is 0 Å². The van der Waals surface area contributed by atoms with Crippen LogP contribution in [0.1, 0.15) is 19.4 Å². The molecule has 0 aliphatic heterocycles. The third-order valence-electron chi connectivity index (χ3n) is 2.94. The Morgan fingerprint density at radius 1 is 1.43 bits per heavy atom. The summed E-state index contributed by atoms with van der Waals surface area (Å²) in [5, 5.41) is 15.6. The van der Waals surface area contributed by atoms with Crippen molar-refractivity contribution in [3.05, 3.63) is 29.3 Å². The molecule has 1 amide bonds. The monoisotopic (exact) mass is 308 g/mol. The first kappa shape index (κ1) is 15.4. The van der Waals surface area contributed by atoms with Crippen LogP contribution in [-0.4, -0.2) is 39.2 Å². The minimum Gasteiger partial charge on any atom is -0.353 e. The Labute approximate surface area is 127 Å². The van der Waals surface area contributed by atoms with Crippen molar-refractivity contribution in [2.24, 2.45) is 5.73 Å². The molecular weight excluding hydrogens is 292 g/mol. The maximum Gasteiger partial charge on any atom is 0.246 e. The maximum atomic E-state index is 12.0. The van der Waals surface area contributed by atoms with E-state index in [0.717, 1.165) is 5.56 Å². The number of benzene rings is 1. The predicted octanol–water partition coefficient (Wildman–Crippen LogP) is 1.02. The lowest BCUT2D eigenvalue weighted by Gasteiger charge is -2.12. The van der Waals surface area contributed by atoms with E-state index < -0.39 is 6.04 Å². The van der Waals surface area contributed by atoms with E-state index in [0.29, 0.717) is 30.4 Å². The third kappa shape index (κ3) is 3.77. The highest BCUT2D eigenvalue weighted by molar-refractivity contribution is 6.30. The molecule has 21 heavy (non-hydrogen) atoms. The number of hydrogen-bond donors (Lipinski definition) is 2. The van der Waals surface area contributed by atoms with Gasteiger partial charge in [-0.2, -0.15) is 4.80 Å². The Hall–Kier alpha value is -1.99. The van der Waals surface area contributed by atoms with E-state index in [1.807, 2.05) is 6.92 Å². The van der Waals surface area contributed by atoms with Crippen LogP contribution >= 0.6 is 11.6 Å². The van der Waals surface area contributed by atoms with Gasteiger partial charge >= 0.3 is 0 Å². The Bertz CT molecular complexity index is 597. The van der Waals surface area contributed by atoms with Crippen LogP contribution in [0.15, 0.2) is 24.3 Å². The number of nitrogens with one attached hydrogen (secondary N) is 1. The zero-order valence-electron chi connectivity index (χ0n) is 11.7. The number of nitrogens with two attached hydrogens (primary N) is 1. The molecule has 0 aliphatic rings. The third-order valence-corrected chi connectivity index (χ3v) is 3.19. The van der Waals surface area contributed by atoms with Gasteiger partial charge in [0, 0.05) is 23.7 Å². The second-order valence-corrected chi connectivity index (χ2v) is 4.88. The zero-order valence-corrected chi connectivity index (χ0v) is 12.4. The first-order chi connectivity index (χ1) is 10.2. The number of nitrogens with zero attached hydrogens (tertiary/aromatic N) is 4. The van der Waals surface area contributed by atoms with Crippen LogP contribution < -0.4 is 11.1 Å². The van der Waals surface area contributed by atoms with Crippen molar-refractivity contribution in [2.45, 2.75) is 19.4 Å². The van der Waals surface area contributed by atoms with Crippen LogP contribution in [0, 0.1) is 0 Å². The largest absolute Gasteiger partial charge is 0.353 e. The molecule has 0 bridgehead atoms. The van der Waals surface area contributed by atoms with Gasteiger partial charge in [0.2, 0.25) is 11.7 Å². The molecule has 2 rings (SSSR count). The average molecular weight is 309 g/mol. The lowest BCUT2D eigenvalue weighted by molar-refractivity contribution is -0.125. The number of tetrazole rings is 1. The van der Waals surface area contributed by atoms with Crippen LogP contribution in [0.3, 0.4) is 0 Å². The summed E-state index contributed by atoms with van der Waals surface area (Å²) in [5.41, 5.74) is 6.17. The van der Waals surface area contributed by atoms with E-state index in [1.165, 1.54) is 4.80 Å². The van der Waals surface area contributed by atoms with Crippen molar-refractivity contribution in [2.75, 3.05) is 13.1 Å². The van der Waals surface area contributed by atoms with Gasteiger partial charge < -0.3 is 11.1 Å². The van der Waals surface area contributed by atoms with E-state index in [9.17, 15) is 4.79 Å². The number of carbonyl (C=O) groups is 1. The van der Waals surface area contributed by atoms with Gasteiger partial charge in [-0.05, 0) is 35.9 Å². The van der Waals surface area contributed by atoms with Crippen molar-refractivity contribution < 1.29 is 4.79 Å². The van der Waals surface area contributed by atoms with E-state index in [1.54, 1.807) is 24.3 Å². The summed E-state index contributed by atoms with van der Waals surface area (Å²) in [4.78, 5) is 13.3. The van der Waals surface area contributed by atoms with Crippen molar-refractivity contribution in [3.8, 4) is 11.4 Å². The molecule has 8 heteroatoms. The van der Waals surface area contributed by atoms with Crippen LogP contribution in [0.2, 0.25) is 5.02 Å². The van der Waals surface area contributed by atoms with Gasteiger partial charge in [-0.1, -0.05) is 18.5 Å². The van der Waals surface area contributed by atoms with E-state index in [4.69, 9.17) is 17.3 Å². The lowest BCUT2D eigenvalue weighted by atomic mass is 10.2. The van der Waals surface area contributed by atoms with Crippen molar-refractivity contribution in [1.82, 2.24) is 25.5 Å². The fraction of sp³-hybridized carbons (Fsp3) is 0.385. The fourth-order valence-corrected chi connectivity index (χ4v) is 1.96.